The van der Waals surface area contributed by atoms with E-state index in [1.165, 1.54) is 12.1 Å². The highest BCUT2D eigenvalue weighted by molar-refractivity contribution is 6.07. The Hall–Kier alpha value is -3.11. The van der Waals surface area contributed by atoms with E-state index in [2.05, 4.69) is 10.3 Å². The van der Waals surface area contributed by atoms with Gasteiger partial charge in [0.25, 0.3) is 5.91 Å². The summed E-state index contributed by atoms with van der Waals surface area (Å²) in [4.78, 5) is 42.0. The van der Waals surface area contributed by atoms with Gasteiger partial charge in [0.2, 0.25) is 11.9 Å². The zero-order valence-corrected chi connectivity index (χ0v) is 20.8. The second-order valence-electron chi connectivity index (χ2n) is 10.3. The van der Waals surface area contributed by atoms with Crippen LogP contribution in [-0.2, 0) is 15.7 Å². The first kappa shape index (κ1) is 27.5. The van der Waals surface area contributed by atoms with Crippen LogP contribution in [0.2, 0.25) is 0 Å². The van der Waals surface area contributed by atoms with E-state index in [4.69, 9.17) is 10.5 Å². The third-order valence-electron chi connectivity index (χ3n) is 6.42. The average Bonchev–Trinajstić information content (AvgIpc) is 3.31. The standard InChI is InChI=1S/C25H33F3N4O4/c1-24(2,3)36-23(35)31-22(29)30-20(33)17-8-9-18(19(14-17)25(26,27)28)15-10-12-32(13-11-15)21(34)16-6-4-5-7-16/h8-9,14-16H,4-7,10-13H2,1-3H3,(H3,29,30,31,33,35). The summed E-state index contributed by atoms with van der Waals surface area (Å²) in [6.45, 7) is 5.68. The van der Waals surface area contributed by atoms with E-state index >= 15 is 0 Å². The van der Waals surface area contributed by atoms with Gasteiger partial charge in [0.05, 0.1) is 5.56 Å². The van der Waals surface area contributed by atoms with Gasteiger partial charge in [-0.15, -0.1) is 4.99 Å². The van der Waals surface area contributed by atoms with Gasteiger partial charge in [-0.1, -0.05) is 18.9 Å². The smallest absolute Gasteiger partial charge is 0.437 e. The van der Waals surface area contributed by atoms with Crippen molar-refractivity contribution in [3.05, 3.63) is 34.9 Å². The summed E-state index contributed by atoms with van der Waals surface area (Å²) in [5.74, 6) is -1.76. The molecule has 0 unspecified atom stereocenters. The molecule has 1 aliphatic heterocycles. The molecule has 1 saturated carbocycles. The number of alkyl halides is 3. The molecule has 2 aliphatic rings. The molecule has 0 aromatic heterocycles. The van der Waals surface area contributed by atoms with Crippen LogP contribution >= 0.6 is 0 Å². The first-order chi connectivity index (χ1) is 16.7. The van der Waals surface area contributed by atoms with Crippen LogP contribution in [0.25, 0.3) is 0 Å². The fourth-order valence-corrected chi connectivity index (χ4v) is 4.74. The lowest BCUT2D eigenvalue weighted by atomic mass is 9.85. The number of nitrogens with zero attached hydrogens (tertiary/aromatic N) is 2. The molecule has 3 amide bonds. The summed E-state index contributed by atoms with van der Waals surface area (Å²) in [7, 11) is 0. The maximum absolute atomic E-state index is 13.9. The number of ether oxygens (including phenoxy) is 1. The first-order valence-electron chi connectivity index (χ1n) is 12.1. The molecule has 0 atom stereocenters. The van der Waals surface area contributed by atoms with Gasteiger partial charge in [0, 0.05) is 24.6 Å². The van der Waals surface area contributed by atoms with Crippen molar-refractivity contribution in [2.75, 3.05) is 13.1 Å². The number of likely N-dealkylation sites (tertiary alicyclic amines) is 1. The van der Waals surface area contributed by atoms with Gasteiger partial charge in [-0.05, 0) is 70.1 Å². The minimum absolute atomic E-state index is 0.0383. The van der Waals surface area contributed by atoms with Crippen molar-refractivity contribution in [1.29, 1.82) is 0 Å². The molecule has 0 bridgehead atoms. The summed E-state index contributed by atoms with van der Waals surface area (Å²) < 4.78 is 46.8. The topological polar surface area (TPSA) is 114 Å². The second-order valence-corrected chi connectivity index (χ2v) is 10.3. The fraction of sp³-hybridized carbons (Fsp3) is 0.600. The van der Waals surface area contributed by atoms with Crippen molar-refractivity contribution < 1.29 is 32.3 Å². The van der Waals surface area contributed by atoms with Crippen LogP contribution in [0.15, 0.2) is 23.2 Å². The molecule has 198 valence electrons. The lowest BCUT2D eigenvalue weighted by Crippen LogP contribution is -2.41. The summed E-state index contributed by atoms with van der Waals surface area (Å²) in [5, 5.41) is 2.11. The number of piperidine rings is 1. The molecule has 3 rings (SSSR count). The van der Waals surface area contributed by atoms with Gasteiger partial charge < -0.3 is 15.4 Å². The molecular weight excluding hydrogens is 477 g/mol. The van der Waals surface area contributed by atoms with Crippen molar-refractivity contribution >= 4 is 23.9 Å². The third-order valence-corrected chi connectivity index (χ3v) is 6.42. The van der Waals surface area contributed by atoms with Crippen LogP contribution in [0.4, 0.5) is 18.0 Å². The molecule has 1 saturated heterocycles. The van der Waals surface area contributed by atoms with Crippen molar-refractivity contribution in [3.8, 4) is 0 Å². The summed E-state index contributed by atoms with van der Waals surface area (Å²) in [6.07, 6.45) is -1.03. The zero-order chi connectivity index (χ0) is 26.7. The highest BCUT2D eigenvalue weighted by atomic mass is 19.4. The number of amides is 3. The number of benzene rings is 1. The summed E-state index contributed by atoms with van der Waals surface area (Å²) in [6, 6.07) is 3.37. The number of nitrogens with two attached hydrogens (primary N) is 1. The maximum atomic E-state index is 13.9. The first-order valence-corrected chi connectivity index (χ1v) is 12.1. The third kappa shape index (κ3) is 7.20. The molecule has 0 radical (unpaired) electrons. The Balaban J connectivity index is 1.71. The summed E-state index contributed by atoms with van der Waals surface area (Å²) in [5.41, 5.74) is 3.64. The average molecular weight is 511 g/mol. The fourth-order valence-electron chi connectivity index (χ4n) is 4.74. The minimum Gasteiger partial charge on any atom is -0.442 e. The van der Waals surface area contributed by atoms with Gasteiger partial charge in [-0.2, -0.15) is 13.2 Å². The molecule has 8 nitrogen and oxygen atoms in total. The van der Waals surface area contributed by atoms with E-state index in [9.17, 15) is 27.6 Å². The summed E-state index contributed by atoms with van der Waals surface area (Å²) >= 11 is 0. The molecule has 36 heavy (non-hydrogen) atoms. The molecule has 1 aromatic carbocycles. The minimum atomic E-state index is -4.68. The molecule has 2 fully saturated rings. The Labute approximate surface area is 208 Å². The number of aliphatic imine (C=N–C) groups is 1. The second kappa shape index (κ2) is 10.9. The Morgan fingerprint density at radius 2 is 1.67 bits per heavy atom. The Morgan fingerprint density at radius 1 is 1.06 bits per heavy atom. The van der Waals surface area contributed by atoms with Gasteiger partial charge in [-0.25, -0.2) is 4.79 Å². The predicted octanol–water partition coefficient (Wildman–Crippen LogP) is 4.58. The monoisotopic (exact) mass is 510 g/mol. The molecular formula is C25H33F3N4O4. The molecule has 1 aromatic rings. The van der Waals surface area contributed by atoms with Crippen molar-refractivity contribution in [2.45, 2.75) is 77.0 Å². The quantitative estimate of drug-likeness (QED) is 0.456. The van der Waals surface area contributed by atoms with Gasteiger partial charge >= 0.3 is 12.3 Å². The van der Waals surface area contributed by atoms with E-state index in [0.29, 0.717) is 25.9 Å². The number of carbonyl (C=O) groups excluding carboxylic acids is 3. The maximum Gasteiger partial charge on any atom is 0.437 e. The normalized spacial score (nSPS) is 18.3. The van der Waals surface area contributed by atoms with Crippen molar-refractivity contribution in [1.82, 2.24) is 10.2 Å². The Morgan fingerprint density at radius 3 is 2.22 bits per heavy atom. The molecule has 3 N–H and O–H groups in total. The zero-order valence-electron chi connectivity index (χ0n) is 20.8. The van der Waals surface area contributed by atoms with Crippen LogP contribution in [0.5, 0.6) is 0 Å². The predicted molar refractivity (Wildman–Crippen MR) is 127 cm³/mol. The number of hydrogen-bond donors (Lipinski definition) is 2. The van der Waals surface area contributed by atoms with E-state index in [1.807, 2.05) is 0 Å². The van der Waals surface area contributed by atoms with Crippen molar-refractivity contribution in [3.63, 3.8) is 0 Å². The van der Waals surface area contributed by atoms with Gasteiger partial charge in [-0.3, -0.25) is 14.9 Å². The van der Waals surface area contributed by atoms with Gasteiger partial charge in [0.1, 0.15) is 5.60 Å². The van der Waals surface area contributed by atoms with E-state index in [1.54, 1.807) is 25.7 Å². The van der Waals surface area contributed by atoms with Crippen LogP contribution in [-0.4, -0.2) is 47.5 Å². The SMILES string of the molecule is CC(C)(C)OC(=O)/N=C(/N)NC(=O)c1ccc(C2CCN(C(=O)C3CCCC3)CC2)c(C(F)(F)F)c1. The van der Waals surface area contributed by atoms with Crippen LogP contribution < -0.4 is 11.1 Å². The molecule has 1 heterocycles. The van der Waals surface area contributed by atoms with Crippen LogP contribution in [0.3, 0.4) is 0 Å². The number of guanidine groups is 1. The number of carbonyl (C=O) groups is 3. The number of rotatable bonds is 3. The Kier molecular flexibility index (Phi) is 8.30. The largest absolute Gasteiger partial charge is 0.442 e. The highest BCUT2D eigenvalue weighted by Gasteiger charge is 2.38. The highest BCUT2D eigenvalue weighted by Crippen LogP contribution is 2.40. The molecule has 0 spiro atoms. The molecule has 1 aliphatic carbocycles. The van der Waals surface area contributed by atoms with Crippen LogP contribution in [0, 0.1) is 5.92 Å². The van der Waals surface area contributed by atoms with E-state index < -0.39 is 35.3 Å². The molecule has 11 heteroatoms. The van der Waals surface area contributed by atoms with Crippen molar-refractivity contribution in [2.24, 2.45) is 16.6 Å². The number of halogens is 3. The van der Waals surface area contributed by atoms with E-state index in [-0.39, 0.29) is 28.9 Å². The lowest BCUT2D eigenvalue weighted by Gasteiger charge is -2.34. The van der Waals surface area contributed by atoms with E-state index in [0.717, 1.165) is 31.7 Å². The van der Waals surface area contributed by atoms with Crippen LogP contribution in [0.1, 0.15) is 86.7 Å². The van der Waals surface area contributed by atoms with Gasteiger partial charge in [0.15, 0.2) is 0 Å². The lowest BCUT2D eigenvalue weighted by molar-refractivity contribution is -0.139. The number of hydrogen-bond acceptors (Lipinski definition) is 4. The Bertz CT molecular complexity index is 1020. The number of nitrogens with one attached hydrogen (secondary N) is 1.